The van der Waals surface area contributed by atoms with Crippen LogP contribution in [0.3, 0.4) is 0 Å². The van der Waals surface area contributed by atoms with Crippen LogP contribution in [0.1, 0.15) is 29.5 Å². The maximum atomic E-state index is 12.1. The van der Waals surface area contributed by atoms with Crippen LogP contribution in [0.5, 0.6) is 0 Å². The molecule has 0 N–H and O–H groups in total. The van der Waals surface area contributed by atoms with Crippen molar-refractivity contribution < 1.29 is 23.9 Å². The lowest BCUT2D eigenvalue weighted by molar-refractivity contribution is -0.148. The molecule has 1 aromatic rings. The first-order valence-electron chi connectivity index (χ1n) is 7.89. The number of hydrogen-bond acceptors (Lipinski definition) is 8. The van der Waals surface area contributed by atoms with Crippen LogP contribution in [0.25, 0.3) is 0 Å². The lowest BCUT2D eigenvalue weighted by Gasteiger charge is -2.13. The van der Waals surface area contributed by atoms with E-state index in [2.05, 4.69) is 4.98 Å². The van der Waals surface area contributed by atoms with Crippen LogP contribution in [0, 0.1) is 18.3 Å². The molecule has 3 amide bonds. The van der Waals surface area contributed by atoms with Gasteiger partial charge in [-0.15, -0.1) is 11.3 Å². The zero-order chi connectivity index (χ0) is 19.3. The van der Waals surface area contributed by atoms with E-state index in [1.807, 2.05) is 6.07 Å². The summed E-state index contributed by atoms with van der Waals surface area (Å²) in [4.78, 5) is 53.5. The third kappa shape index (κ3) is 4.64. The molecule has 26 heavy (non-hydrogen) atoms. The first kappa shape index (κ1) is 19.5. The molecule has 1 saturated heterocycles. The molecule has 1 aromatic heterocycles. The molecule has 2 heterocycles. The van der Waals surface area contributed by atoms with E-state index in [-0.39, 0.29) is 31.8 Å². The highest BCUT2D eigenvalue weighted by Gasteiger charge is 2.33. The van der Waals surface area contributed by atoms with Gasteiger partial charge in [0.25, 0.3) is 0 Å². The Morgan fingerprint density at radius 3 is 2.73 bits per heavy atom. The molecule has 9 nitrogen and oxygen atoms in total. The number of aryl methyl sites for hydroxylation is 1. The van der Waals surface area contributed by atoms with Crippen molar-refractivity contribution in [3.05, 3.63) is 16.1 Å². The molecule has 0 aliphatic carbocycles. The summed E-state index contributed by atoms with van der Waals surface area (Å²) < 4.78 is 4.89. The van der Waals surface area contributed by atoms with Crippen molar-refractivity contribution in [2.24, 2.45) is 0 Å². The average Bonchev–Trinajstić information content (AvgIpc) is 3.12. The highest BCUT2D eigenvalue weighted by Crippen LogP contribution is 2.20. The molecule has 0 unspecified atom stereocenters. The van der Waals surface area contributed by atoms with Gasteiger partial charge in [-0.1, -0.05) is 0 Å². The molecule has 10 heteroatoms. The van der Waals surface area contributed by atoms with E-state index in [1.165, 1.54) is 23.3 Å². The van der Waals surface area contributed by atoms with Gasteiger partial charge in [0.15, 0.2) is 18.3 Å². The smallest absolute Gasteiger partial charge is 0.326 e. The number of carbonyl (C=O) groups excluding carboxylic acids is 4. The largest absolute Gasteiger partial charge is 0.458 e. The minimum atomic E-state index is -1.06. The van der Waals surface area contributed by atoms with Crippen LogP contribution in [0.15, 0.2) is 5.38 Å². The number of imide groups is 1. The van der Waals surface area contributed by atoms with E-state index in [4.69, 9.17) is 10.00 Å². The fourth-order valence-electron chi connectivity index (χ4n) is 2.35. The normalized spacial score (nSPS) is 15.1. The molecule has 0 aromatic carbocycles. The van der Waals surface area contributed by atoms with Crippen molar-refractivity contribution >= 4 is 35.0 Å². The first-order valence-corrected chi connectivity index (χ1v) is 8.77. The molecule has 2 rings (SSSR count). The molecular formula is C16H18N4O5S. The summed E-state index contributed by atoms with van der Waals surface area (Å²) in [5.41, 5.74) is 0.715. The summed E-state index contributed by atoms with van der Waals surface area (Å²) in [7, 11) is 1.52. The van der Waals surface area contributed by atoms with E-state index in [0.29, 0.717) is 10.7 Å². The second-order valence-electron chi connectivity index (χ2n) is 5.80. The predicted octanol–water partition coefficient (Wildman–Crippen LogP) is 0.845. The number of Topliss-reactive ketones (excluding diaryl/α,β-unsaturated/α-hetero) is 1. The Kier molecular flexibility index (Phi) is 6.41. The number of urea groups is 1. The van der Waals surface area contributed by atoms with Crippen molar-refractivity contribution in [3.63, 3.8) is 0 Å². The zero-order valence-corrected chi connectivity index (χ0v) is 15.2. The van der Waals surface area contributed by atoms with Crippen LogP contribution in [-0.4, -0.2) is 65.2 Å². The topological polar surface area (TPSA) is 121 Å². The molecule has 1 fully saturated rings. The number of amides is 3. The third-order valence-electron chi connectivity index (χ3n) is 3.70. The van der Waals surface area contributed by atoms with Crippen LogP contribution >= 0.6 is 11.3 Å². The van der Waals surface area contributed by atoms with Gasteiger partial charge in [0.2, 0.25) is 5.91 Å². The minimum Gasteiger partial charge on any atom is -0.458 e. The summed E-state index contributed by atoms with van der Waals surface area (Å²) in [6.45, 7) is 1.39. The van der Waals surface area contributed by atoms with E-state index >= 15 is 0 Å². The Labute approximate surface area is 154 Å². The molecule has 0 spiro atoms. The monoisotopic (exact) mass is 378 g/mol. The molecular weight excluding hydrogens is 360 g/mol. The fraction of sp³-hybridized carbons (Fsp3) is 0.500. The molecule has 1 aliphatic rings. The fourth-order valence-corrected chi connectivity index (χ4v) is 3.21. The number of thiazole rings is 1. The Morgan fingerprint density at radius 2 is 2.19 bits per heavy atom. The number of ether oxygens (including phenoxy) is 1. The van der Waals surface area contributed by atoms with Gasteiger partial charge in [-0.2, -0.15) is 5.26 Å². The minimum absolute atomic E-state index is 0.0313. The van der Waals surface area contributed by atoms with E-state index in [9.17, 15) is 19.2 Å². The number of esters is 1. The van der Waals surface area contributed by atoms with Gasteiger partial charge in [-0.3, -0.25) is 19.3 Å². The van der Waals surface area contributed by atoms with E-state index < -0.39 is 30.3 Å². The van der Waals surface area contributed by atoms with Crippen LogP contribution in [0.4, 0.5) is 4.79 Å². The van der Waals surface area contributed by atoms with Gasteiger partial charge in [0.1, 0.15) is 11.6 Å². The lowest BCUT2D eigenvalue weighted by Crippen LogP contribution is -2.32. The number of aromatic nitrogens is 1. The quantitative estimate of drug-likeness (QED) is 0.485. The van der Waals surface area contributed by atoms with Gasteiger partial charge in [0, 0.05) is 31.1 Å². The zero-order valence-electron chi connectivity index (χ0n) is 14.4. The van der Waals surface area contributed by atoms with Gasteiger partial charge >= 0.3 is 12.0 Å². The summed E-state index contributed by atoms with van der Waals surface area (Å²) in [6.07, 6.45) is 0.202. The Hall–Kier alpha value is -2.80. The van der Waals surface area contributed by atoms with Crippen LogP contribution < -0.4 is 0 Å². The van der Waals surface area contributed by atoms with Crippen molar-refractivity contribution in [3.8, 4) is 6.07 Å². The highest BCUT2D eigenvalue weighted by atomic mass is 32.1. The second kappa shape index (κ2) is 8.53. The lowest BCUT2D eigenvalue weighted by atomic mass is 10.1. The van der Waals surface area contributed by atoms with Crippen LogP contribution in [-0.2, 0) is 19.1 Å². The van der Waals surface area contributed by atoms with Gasteiger partial charge < -0.3 is 9.64 Å². The van der Waals surface area contributed by atoms with Crippen LogP contribution in [0.2, 0.25) is 0 Å². The average molecular weight is 378 g/mol. The number of likely N-dealkylation sites (N-methyl/N-ethyl adjacent to an activating group) is 1. The third-order valence-corrected chi connectivity index (χ3v) is 4.73. The first-order chi connectivity index (χ1) is 12.3. The number of carbonyl (C=O) groups is 4. The Balaban J connectivity index is 1.74. The molecule has 0 radical (unpaired) electrons. The molecule has 0 bridgehead atoms. The molecule has 1 aliphatic heterocycles. The molecule has 0 saturated carbocycles. The SMILES string of the molecule is Cc1csc([C@@H](C#N)C(=O)COC(=O)CCCN2C(=O)CN(C)C2=O)n1. The number of rotatable bonds is 8. The maximum Gasteiger partial charge on any atom is 0.326 e. The van der Waals surface area contributed by atoms with Crippen molar-refractivity contribution in [1.82, 2.24) is 14.8 Å². The van der Waals surface area contributed by atoms with Crippen molar-refractivity contribution in [1.29, 1.82) is 5.26 Å². The Bertz CT molecular complexity index is 769. The summed E-state index contributed by atoms with van der Waals surface area (Å²) in [6, 6.07) is 1.48. The van der Waals surface area contributed by atoms with Gasteiger partial charge in [-0.05, 0) is 13.3 Å². The summed E-state index contributed by atoms with van der Waals surface area (Å²) in [5, 5.41) is 11.2. The second-order valence-corrected chi connectivity index (χ2v) is 6.69. The highest BCUT2D eigenvalue weighted by molar-refractivity contribution is 7.09. The van der Waals surface area contributed by atoms with Crippen molar-refractivity contribution in [2.45, 2.75) is 25.7 Å². The van der Waals surface area contributed by atoms with Gasteiger partial charge in [-0.25, -0.2) is 9.78 Å². The standard InChI is InChI=1S/C16H18N4O5S/c1-10-9-26-15(18-10)11(6-17)12(21)8-25-14(23)4-3-5-20-13(22)7-19(2)16(20)24/h9,11H,3-5,7-8H2,1-2H3/t11-/m0/s1. The number of ketones is 1. The number of nitriles is 1. The Morgan fingerprint density at radius 1 is 1.46 bits per heavy atom. The van der Waals surface area contributed by atoms with E-state index in [1.54, 1.807) is 12.3 Å². The summed E-state index contributed by atoms with van der Waals surface area (Å²) >= 11 is 1.21. The van der Waals surface area contributed by atoms with E-state index in [0.717, 1.165) is 4.90 Å². The van der Waals surface area contributed by atoms with Crippen molar-refractivity contribution in [2.75, 3.05) is 26.7 Å². The summed E-state index contributed by atoms with van der Waals surface area (Å²) in [5.74, 6) is -2.53. The predicted molar refractivity (Wildman–Crippen MR) is 90.1 cm³/mol. The number of nitrogens with zero attached hydrogens (tertiary/aromatic N) is 4. The number of hydrogen-bond donors (Lipinski definition) is 0. The molecule has 138 valence electrons. The van der Waals surface area contributed by atoms with Gasteiger partial charge in [0.05, 0.1) is 6.07 Å². The maximum absolute atomic E-state index is 12.1. The molecule has 1 atom stereocenters.